The molecular formula is C16H10BrFN2OS. The number of nitrogens with one attached hydrogen (secondary N) is 1. The summed E-state index contributed by atoms with van der Waals surface area (Å²) in [6.07, 6.45) is 0. The monoisotopic (exact) mass is 376 g/mol. The molecule has 0 bridgehead atoms. The van der Waals surface area contributed by atoms with Crippen LogP contribution in [0.5, 0.6) is 0 Å². The van der Waals surface area contributed by atoms with Crippen molar-refractivity contribution in [2.45, 2.75) is 0 Å². The van der Waals surface area contributed by atoms with Crippen molar-refractivity contribution in [3.63, 3.8) is 0 Å². The molecule has 3 aromatic rings. The molecule has 0 aliphatic carbocycles. The molecule has 0 aliphatic heterocycles. The van der Waals surface area contributed by atoms with Crippen LogP contribution in [0.1, 0.15) is 10.4 Å². The zero-order valence-corrected chi connectivity index (χ0v) is 13.6. The lowest BCUT2D eigenvalue weighted by Crippen LogP contribution is -2.11. The van der Waals surface area contributed by atoms with Gasteiger partial charge in [-0.25, -0.2) is 9.37 Å². The van der Waals surface area contributed by atoms with Gasteiger partial charge in [0.05, 0.1) is 5.69 Å². The predicted octanol–water partition coefficient (Wildman–Crippen LogP) is 4.96. The minimum atomic E-state index is -0.372. The zero-order valence-electron chi connectivity index (χ0n) is 11.2. The van der Waals surface area contributed by atoms with Crippen molar-refractivity contribution in [2.24, 2.45) is 0 Å². The molecule has 3 rings (SSSR count). The fraction of sp³-hybridized carbons (Fsp3) is 0. The SMILES string of the molecule is O=C(Nc1nc(-c2ccc(Br)cc2)cs1)c1ccc(F)cc1. The molecule has 0 fully saturated rings. The van der Waals surface area contributed by atoms with E-state index in [1.54, 1.807) is 0 Å². The van der Waals surface area contributed by atoms with E-state index in [0.717, 1.165) is 15.7 Å². The number of anilines is 1. The van der Waals surface area contributed by atoms with E-state index in [4.69, 9.17) is 0 Å². The standard InChI is InChI=1S/C16H10BrFN2OS/c17-12-5-1-10(2-6-12)14-9-22-16(19-14)20-15(21)11-3-7-13(18)8-4-11/h1-9H,(H,19,20,21). The van der Waals surface area contributed by atoms with Crippen molar-refractivity contribution in [3.8, 4) is 11.3 Å². The Morgan fingerprint density at radius 2 is 1.77 bits per heavy atom. The Morgan fingerprint density at radius 1 is 1.09 bits per heavy atom. The van der Waals surface area contributed by atoms with Crippen molar-refractivity contribution in [2.75, 3.05) is 5.32 Å². The summed E-state index contributed by atoms with van der Waals surface area (Å²) in [5, 5.41) is 5.10. The van der Waals surface area contributed by atoms with E-state index < -0.39 is 0 Å². The molecular weight excluding hydrogens is 367 g/mol. The molecule has 22 heavy (non-hydrogen) atoms. The topological polar surface area (TPSA) is 42.0 Å². The summed E-state index contributed by atoms with van der Waals surface area (Å²) in [6, 6.07) is 13.2. The molecule has 0 unspecified atom stereocenters. The Balaban J connectivity index is 1.75. The summed E-state index contributed by atoms with van der Waals surface area (Å²) in [4.78, 5) is 16.4. The summed E-state index contributed by atoms with van der Waals surface area (Å²) in [5.74, 6) is -0.681. The van der Waals surface area contributed by atoms with Crippen LogP contribution < -0.4 is 5.32 Å². The number of hydrogen-bond donors (Lipinski definition) is 1. The summed E-state index contributed by atoms with van der Waals surface area (Å²) < 4.78 is 13.8. The van der Waals surface area contributed by atoms with E-state index in [9.17, 15) is 9.18 Å². The number of thiazole rings is 1. The van der Waals surface area contributed by atoms with Crippen LogP contribution in [0.15, 0.2) is 58.4 Å². The lowest BCUT2D eigenvalue weighted by molar-refractivity contribution is 0.102. The highest BCUT2D eigenvalue weighted by molar-refractivity contribution is 9.10. The van der Waals surface area contributed by atoms with E-state index in [-0.39, 0.29) is 11.7 Å². The smallest absolute Gasteiger partial charge is 0.257 e. The third kappa shape index (κ3) is 3.40. The Labute approximate surface area is 139 Å². The molecule has 1 heterocycles. The van der Waals surface area contributed by atoms with Crippen LogP contribution in [0.2, 0.25) is 0 Å². The molecule has 0 spiro atoms. The Bertz CT molecular complexity index is 800. The van der Waals surface area contributed by atoms with Crippen molar-refractivity contribution >= 4 is 38.3 Å². The highest BCUT2D eigenvalue weighted by Gasteiger charge is 2.10. The van der Waals surface area contributed by atoms with Gasteiger partial charge in [-0.1, -0.05) is 28.1 Å². The highest BCUT2D eigenvalue weighted by atomic mass is 79.9. The first-order valence-corrected chi connectivity index (χ1v) is 8.07. The molecule has 0 saturated carbocycles. The lowest BCUT2D eigenvalue weighted by Gasteiger charge is -2.01. The molecule has 110 valence electrons. The van der Waals surface area contributed by atoms with Crippen LogP contribution in [0.4, 0.5) is 9.52 Å². The van der Waals surface area contributed by atoms with Crippen LogP contribution in [0.25, 0.3) is 11.3 Å². The van der Waals surface area contributed by atoms with Gasteiger partial charge >= 0.3 is 0 Å². The molecule has 2 aromatic carbocycles. The van der Waals surface area contributed by atoms with E-state index in [2.05, 4.69) is 26.2 Å². The Morgan fingerprint density at radius 3 is 2.45 bits per heavy atom. The number of carbonyl (C=O) groups is 1. The van der Waals surface area contributed by atoms with Crippen LogP contribution in [-0.2, 0) is 0 Å². The van der Waals surface area contributed by atoms with Crippen molar-refractivity contribution in [1.29, 1.82) is 0 Å². The molecule has 0 aliphatic rings. The number of amides is 1. The second kappa shape index (κ2) is 6.37. The fourth-order valence-electron chi connectivity index (χ4n) is 1.85. The number of rotatable bonds is 3. The molecule has 0 saturated heterocycles. The molecule has 0 atom stereocenters. The molecule has 1 aromatic heterocycles. The maximum Gasteiger partial charge on any atom is 0.257 e. The number of aromatic nitrogens is 1. The van der Waals surface area contributed by atoms with Crippen LogP contribution >= 0.6 is 27.3 Å². The molecule has 0 radical (unpaired) electrons. The summed E-state index contributed by atoms with van der Waals surface area (Å²) in [7, 11) is 0. The molecule has 6 heteroatoms. The highest BCUT2D eigenvalue weighted by Crippen LogP contribution is 2.26. The van der Waals surface area contributed by atoms with E-state index >= 15 is 0 Å². The Hall–Kier alpha value is -2.05. The van der Waals surface area contributed by atoms with Crippen molar-refractivity contribution < 1.29 is 9.18 Å². The number of halogens is 2. The van der Waals surface area contributed by atoms with Gasteiger partial charge < -0.3 is 0 Å². The summed E-state index contributed by atoms with van der Waals surface area (Å²) in [5.41, 5.74) is 2.16. The van der Waals surface area contributed by atoms with Gasteiger partial charge in [0.1, 0.15) is 5.82 Å². The third-order valence-corrected chi connectivity index (χ3v) is 4.26. The quantitative estimate of drug-likeness (QED) is 0.701. The van der Waals surface area contributed by atoms with Crippen molar-refractivity contribution in [1.82, 2.24) is 4.98 Å². The van der Waals surface area contributed by atoms with Gasteiger partial charge in [-0.2, -0.15) is 0 Å². The first-order chi connectivity index (χ1) is 10.6. The zero-order chi connectivity index (χ0) is 15.5. The van der Waals surface area contributed by atoms with Gasteiger partial charge in [-0.15, -0.1) is 11.3 Å². The second-order valence-electron chi connectivity index (χ2n) is 4.51. The van der Waals surface area contributed by atoms with Crippen LogP contribution in [-0.4, -0.2) is 10.9 Å². The third-order valence-electron chi connectivity index (χ3n) is 2.97. The van der Waals surface area contributed by atoms with Gasteiger partial charge in [0.15, 0.2) is 5.13 Å². The van der Waals surface area contributed by atoms with Crippen molar-refractivity contribution in [3.05, 3.63) is 69.8 Å². The average Bonchev–Trinajstić information content (AvgIpc) is 2.97. The maximum absolute atomic E-state index is 12.9. The molecule has 3 nitrogen and oxygen atoms in total. The minimum Gasteiger partial charge on any atom is -0.298 e. The number of nitrogens with zero attached hydrogens (tertiary/aromatic N) is 1. The van der Waals surface area contributed by atoms with Gasteiger partial charge in [0.25, 0.3) is 5.91 Å². The van der Waals surface area contributed by atoms with E-state index in [1.807, 2.05) is 29.6 Å². The first kappa shape index (κ1) is 14.9. The van der Waals surface area contributed by atoms with E-state index in [1.165, 1.54) is 35.6 Å². The number of benzene rings is 2. The average molecular weight is 377 g/mol. The number of carbonyl (C=O) groups excluding carboxylic acids is 1. The normalized spacial score (nSPS) is 10.5. The summed E-state index contributed by atoms with van der Waals surface area (Å²) in [6.45, 7) is 0. The van der Waals surface area contributed by atoms with Gasteiger partial charge in [-0.3, -0.25) is 10.1 Å². The second-order valence-corrected chi connectivity index (χ2v) is 6.28. The van der Waals surface area contributed by atoms with Gasteiger partial charge in [-0.05, 0) is 36.4 Å². The summed E-state index contributed by atoms with van der Waals surface area (Å²) >= 11 is 4.73. The Kier molecular flexibility index (Phi) is 4.31. The maximum atomic E-state index is 12.9. The van der Waals surface area contributed by atoms with Crippen LogP contribution in [0.3, 0.4) is 0 Å². The largest absolute Gasteiger partial charge is 0.298 e. The first-order valence-electron chi connectivity index (χ1n) is 6.40. The number of hydrogen-bond acceptors (Lipinski definition) is 3. The van der Waals surface area contributed by atoms with Crippen LogP contribution in [0, 0.1) is 5.82 Å². The van der Waals surface area contributed by atoms with Gasteiger partial charge in [0.2, 0.25) is 0 Å². The van der Waals surface area contributed by atoms with Gasteiger partial charge in [0, 0.05) is 21.0 Å². The lowest BCUT2D eigenvalue weighted by atomic mass is 10.2. The van der Waals surface area contributed by atoms with E-state index in [0.29, 0.717) is 10.7 Å². The predicted molar refractivity (Wildman–Crippen MR) is 89.6 cm³/mol. The minimum absolute atomic E-state index is 0.309. The molecule has 1 N–H and O–H groups in total. The molecule has 1 amide bonds. The fourth-order valence-corrected chi connectivity index (χ4v) is 2.83.